The normalized spacial score (nSPS) is 26.2. The molecule has 146 valence electrons. The Balaban J connectivity index is 1.54. The lowest BCUT2D eigenvalue weighted by Gasteiger charge is -2.38. The molecule has 0 aromatic carbocycles. The third kappa shape index (κ3) is 4.82. The summed E-state index contributed by atoms with van der Waals surface area (Å²) >= 11 is 0. The fourth-order valence-electron chi connectivity index (χ4n) is 3.80. The first-order chi connectivity index (χ1) is 12.5. The number of aromatic nitrogens is 2. The number of nitrogens with one attached hydrogen (secondary N) is 1. The number of nitrogens with two attached hydrogens (primary N) is 1. The van der Waals surface area contributed by atoms with Crippen molar-refractivity contribution in [1.82, 2.24) is 14.9 Å². The number of rotatable bonds is 7. The Morgan fingerprint density at radius 3 is 3.00 bits per heavy atom. The Bertz CT molecular complexity index is 585. The van der Waals surface area contributed by atoms with Crippen LogP contribution in [0.4, 0.5) is 11.6 Å². The van der Waals surface area contributed by atoms with Crippen LogP contribution in [0.15, 0.2) is 12.4 Å². The van der Waals surface area contributed by atoms with Gasteiger partial charge in [-0.25, -0.2) is 9.97 Å². The predicted octanol–water partition coefficient (Wildman–Crippen LogP) is 0.552. The van der Waals surface area contributed by atoms with Crippen molar-refractivity contribution in [2.45, 2.75) is 38.0 Å². The molecule has 2 atom stereocenters. The number of methoxy groups -OCH3 is 1. The van der Waals surface area contributed by atoms with Gasteiger partial charge in [0.15, 0.2) is 0 Å². The summed E-state index contributed by atoms with van der Waals surface area (Å²) in [5.74, 6) is 1.75. The van der Waals surface area contributed by atoms with Gasteiger partial charge in [0, 0.05) is 58.5 Å². The molecule has 0 spiro atoms. The lowest BCUT2D eigenvalue weighted by Crippen LogP contribution is -2.49. The monoisotopic (exact) mass is 364 g/mol. The minimum atomic E-state index is -0.0643. The predicted molar refractivity (Wildman–Crippen MR) is 103 cm³/mol. The minimum Gasteiger partial charge on any atom is -0.380 e. The van der Waals surface area contributed by atoms with Gasteiger partial charge in [0.05, 0.1) is 18.3 Å². The number of nitrogens with zero attached hydrogens (tertiary/aromatic N) is 4. The summed E-state index contributed by atoms with van der Waals surface area (Å²) in [5, 5.41) is 3.42. The van der Waals surface area contributed by atoms with Crippen LogP contribution in [0.2, 0.25) is 0 Å². The summed E-state index contributed by atoms with van der Waals surface area (Å²) in [7, 11) is 1.75. The lowest BCUT2D eigenvalue weighted by atomic mass is 10.1. The summed E-state index contributed by atoms with van der Waals surface area (Å²) < 4.78 is 11.3. The van der Waals surface area contributed by atoms with Crippen LogP contribution in [-0.4, -0.2) is 85.6 Å². The molecule has 26 heavy (non-hydrogen) atoms. The van der Waals surface area contributed by atoms with E-state index in [-0.39, 0.29) is 17.7 Å². The summed E-state index contributed by atoms with van der Waals surface area (Å²) in [6.45, 7) is 10.2. The van der Waals surface area contributed by atoms with Crippen molar-refractivity contribution in [1.29, 1.82) is 0 Å². The van der Waals surface area contributed by atoms with Gasteiger partial charge in [-0.1, -0.05) is 0 Å². The van der Waals surface area contributed by atoms with Crippen LogP contribution in [0.3, 0.4) is 0 Å². The minimum absolute atomic E-state index is 0.0643. The van der Waals surface area contributed by atoms with Gasteiger partial charge in [-0.3, -0.25) is 4.90 Å². The van der Waals surface area contributed by atoms with Crippen LogP contribution < -0.4 is 16.0 Å². The van der Waals surface area contributed by atoms with Crippen LogP contribution >= 0.6 is 0 Å². The molecule has 2 fully saturated rings. The van der Waals surface area contributed by atoms with Crippen molar-refractivity contribution in [2.75, 3.05) is 63.2 Å². The molecular formula is C18H32N6O2. The summed E-state index contributed by atoms with van der Waals surface area (Å²) in [4.78, 5) is 13.5. The van der Waals surface area contributed by atoms with E-state index in [1.54, 1.807) is 13.4 Å². The summed E-state index contributed by atoms with van der Waals surface area (Å²) in [6.07, 6.45) is 2.76. The zero-order valence-corrected chi connectivity index (χ0v) is 16.1. The van der Waals surface area contributed by atoms with Crippen molar-refractivity contribution in [3.05, 3.63) is 12.4 Å². The topological polar surface area (TPSA) is 88.8 Å². The Hall–Kier alpha value is -1.48. The largest absolute Gasteiger partial charge is 0.380 e. The lowest BCUT2D eigenvalue weighted by molar-refractivity contribution is -0.0848. The molecule has 8 heteroatoms. The first kappa shape index (κ1) is 19.3. The van der Waals surface area contributed by atoms with E-state index in [9.17, 15) is 0 Å². The van der Waals surface area contributed by atoms with Crippen molar-refractivity contribution in [3.8, 4) is 0 Å². The number of anilines is 2. The fraction of sp³-hybridized carbons (Fsp3) is 0.778. The molecule has 0 radical (unpaired) electrons. The van der Waals surface area contributed by atoms with Gasteiger partial charge < -0.3 is 25.4 Å². The quantitative estimate of drug-likeness (QED) is 0.725. The Morgan fingerprint density at radius 2 is 2.27 bits per heavy atom. The van der Waals surface area contributed by atoms with Crippen molar-refractivity contribution >= 4 is 11.6 Å². The van der Waals surface area contributed by atoms with E-state index < -0.39 is 0 Å². The van der Waals surface area contributed by atoms with Crippen LogP contribution in [-0.2, 0) is 9.47 Å². The van der Waals surface area contributed by atoms with E-state index in [0.29, 0.717) is 6.54 Å². The molecule has 0 bridgehead atoms. The molecule has 3 N–H and O–H groups in total. The van der Waals surface area contributed by atoms with Crippen molar-refractivity contribution < 1.29 is 9.47 Å². The molecule has 0 unspecified atom stereocenters. The average molecular weight is 364 g/mol. The number of hydrogen-bond acceptors (Lipinski definition) is 8. The molecule has 8 nitrogen and oxygen atoms in total. The van der Waals surface area contributed by atoms with Gasteiger partial charge in [-0.05, 0) is 20.3 Å². The third-order valence-electron chi connectivity index (χ3n) is 5.17. The second-order valence-corrected chi connectivity index (χ2v) is 7.71. The molecule has 1 aromatic heterocycles. The molecule has 1 aromatic rings. The van der Waals surface area contributed by atoms with Crippen molar-refractivity contribution in [2.24, 2.45) is 5.73 Å². The van der Waals surface area contributed by atoms with Crippen LogP contribution in [0.1, 0.15) is 20.3 Å². The second kappa shape index (κ2) is 8.47. The first-order valence-electron chi connectivity index (χ1n) is 9.42. The molecule has 0 aliphatic carbocycles. The average Bonchev–Trinajstić information content (AvgIpc) is 3.05. The highest BCUT2D eigenvalue weighted by Gasteiger charge is 2.32. The molecule has 2 aliphatic rings. The van der Waals surface area contributed by atoms with Crippen LogP contribution in [0.25, 0.3) is 0 Å². The Kier molecular flexibility index (Phi) is 6.29. The zero-order valence-electron chi connectivity index (χ0n) is 16.1. The number of hydrogen-bond donors (Lipinski definition) is 2. The van der Waals surface area contributed by atoms with E-state index in [0.717, 1.165) is 57.4 Å². The molecule has 0 saturated carbocycles. The summed E-state index contributed by atoms with van der Waals surface area (Å²) in [6, 6.07) is 2.27. The van der Waals surface area contributed by atoms with E-state index in [1.165, 1.54) is 0 Å². The van der Waals surface area contributed by atoms with Gasteiger partial charge >= 0.3 is 0 Å². The Morgan fingerprint density at radius 1 is 1.42 bits per heavy atom. The van der Waals surface area contributed by atoms with E-state index in [1.807, 2.05) is 6.07 Å². The van der Waals surface area contributed by atoms with Gasteiger partial charge in [-0.15, -0.1) is 0 Å². The van der Waals surface area contributed by atoms with Gasteiger partial charge in [0.1, 0.15) is 18.0 Å². The SMILES string of the molecule is CO[C@H]1C[C@@H](CN)N(c2cc(NCCN3CCOC(C)(C)C3)ncn2)C1. The molecular weight excluding hydrogens is 332 g/mol. The number of morpholine rings is 1. The second-order valence-electron chi connectivity index (χ2n) is 7.71. The van der Waals surface area contributed by atoms with Gasteiger partial charge in [0.25, 0.3) is 0 Å². The van der Waals surface area contributed by atoms with E-state index >= 15 is 0 Å². The highest BCUT2D eigenvalue weighted by atomic mass is 16.5. The number of ether oxygens (including phenoxy) is 2. The molecule has 3 heterocycles. The highest BCUT2D eigenvalue weighted by Crippen LogP contribution is 2.26. The Labute approximate surface area is 156 Å². The maximum Gasteiger partial charge on any atom is 0.134 e. The molecule has 0 amide bonds. The third-order valence-corrected chi connectivity index (χ3v) is 5.17. The zero-order chi connectivity index (χ0) is 18.6. The summed E-state index contributed by atoms with van der Waals surface area (Å²) in [5.41, 5.74) is 5.86. The van der Waals surface area contributed by atoms with Gasteiger partial charge in [0.2, 0.25) is 0 Å². The van der Waals surface area contributed by atoms with E-state index in [2.05, 4.69) is 38.9 Å². The van der Waals surface area contributed by atoms with Crippen LogP contribution in [0, 0.1) is 0 Å². The smallest absolute Gasteiger partial charge is 0.134 e. The molecule has 3 rings (SSSR count). The standard InChI is InChI=1S/C18H32N6O2/c1-18(2)12-23(6-7-26-18)5-4-20-16-9-17(22-13-21-16)24-11-15(25-3)8-14(24)10-19/h9,13-15H,4-8,10-12,19H2,1-3H3,(H,20,21,22)/t14-,15-/m0/s1. The van der Waals surface area contributed by atoms with E-state index in [4.69, 9.17) is 15.2 Å². The maximum atomic E-state index is 5.93. The fourth-order valence-corrected chi connectivity index (χ4v) is 3.80. The highest BCUT2D eigenvalue weighted by molar-refractivity contribution is 5.50. The molecule has 2 aliphatic heterocycles. The van der Waals surface area contributed by atoms with Crippen molar-refractivity contribution in [3.63, 3.8) is 0 Å². The van der Waals surface area contributed by atoms with Crippen LogP contribution in [0.5, 0.6) is 0 Å². The first-order valence-corrected chi connectivity index (χ1v) is 9.42. The molecule has 2 saturated heterocycles. The van der Waals surface area contributed by atoms with Gasteiger partial charge in [-0.2, -0.15) is 0 Å². The maximum absolute atomic E-state index is 5.93.